The minimum atomic E-state index is -0.567. The van der Waals surface area contributed by atoms with Crippen LogP contribution in [0.15, 0.2) is 88.1 Å². The van der Waals surface area contributed by atoms with E-state index in [-0.39, 0.29) is 22.2 Å². The van der Waals surface area contributed by atoms with E-state index in [0.29, 0.717) is 31.8 Å². The minimum Gasteiger partial charge on any atom is -0.325 e. The normalized spacial score (nSPS) is 11.1. The van der Waals surface area contributed by atoms with Gasteiger partial charge in [-0.15, -0.1) is 11.3 Å². The summed E-state index contributed by atoms with van der Waals surface area (Å²) >= 11 is 14.3. The number of thioether (sulfide) groups is 1. The highest BCUT2D eigenvalue weighted by Crippen LogP contribution is 2.33. The van der Waals surface area contributed by atoms with Crippen LogP contribution < -0.4 is 10.9 Å². The number of benzene rings is 3. The Kier molecular flexibility index (Phi) is 7.11. The molecule has 0 bridgehead atoms. The van der Waals surface area contributed by atoms with E-state index < -0.39 is 5.82 Å². The molecule has 0 unspecified atom stereocenters. The lowest BCUT2D eigenvalue weighted by Gasteiger charge is -2.13. The molecule has 2 aromatic heterocycles. The maximum atomic E-state index is 13.8. The topological polar surface area (TPSA) is 64.0 Å². The van der Waals surface area contributed by atoms with Gasteiger partial charge in [0.1, 0.15) is 10.6 Å². The van der Waals surface area contributed by atoms with Crippen LogP contribution in [0.25, 0.3) is 27.0 Å². The average molecular weight is 556 g/mol. The minimum absolute atomic E-state index is 0.0187. The predicted octanol–water partition coefficient (Wildman–Crippen LogP) is 7.29. The van der Waals surface area contributed by atoms with Crippen molar-refractivity contribution < 1.29 is 9.18 Å². The van der Waals surface area contributed by atoms with Crippen LogP contribution in [0.2, 0.25) is 10.0 Å². The number of amides is 1. The lowest BCUT2D eigenvalue weighted by molar-refractivity contribution is -0.113. The molecule has 36 heavy (non-hydrogen) atoms. The summed E-state index contributed by atoms with van der Waals surface area (Å²) < 4.78 is 14.9. The van der Waals surface area contributed by atoms with Crippen molar-refractivity contribution in [2.75, 3.05) is 11.1 Å². The van der Waals surface area contributed by atoms with Crippen LogP contribution in [0, 0.1) is 5.82 Å². The maximum absolute atomic E-state index is 13.8. The average Bonchev–Trinajstić information content (AvgIpc) is 3.30. The Balaban J connectivity index is 1.52. The summed E-state index contributed by atoms with van der Waals surface area (Å²) in [6, 6.07) is 20.4. The SMILES string of the molecule is O=C(CSc1nc2scc(-c3ccc(Cl)cc3)c2c(=O)n1-c1ccccc1)Nc1ccc(F)c(Cl)c1. The quantitative estimate of drug-likeness (QED) is 0.176. The highest BCUT2D eigenvalue weighted by Gasteiger charge is 2.19. The number of rotatable bonds is 6. The van der Waals surface area contributed by atoms with Gasteiger partial charge in [0, 0.05) is 21.7 Å². The maximum Gasteiger partial charge on any atom is 0.268 e. The smallest absolute Gasteiger partial charge is 0.268 e. The van der Waals surface area contributed by atoms with Gasteiger partial charge in [-0.3, -0.25) is 14.2 Å². The zero-order valence-corrected chi connectivity index (χ0v) is 21.5. The highest BCUT2D eigenvalue weighted by atomic mass is 35.5. The Morgan fingerprint density at radius 2 is 1.81 bits per heavy atom. The molecule has 5 aromatic rings. The Morgan fingerprint density at radius 3 is 2.53 bits per heavy atom. The standard InChI is InChI=1S/C26H16Cl2FN3O2S2/c27-16-8-6-15(7-9-16)19-13-35-24-23(19)25(34)32(18-4-2-1-3-5-18)26(31-24)36-14-22(33)30-17-10-11-21(29)20(28)12-17/h1-13H,14H2,(H,30,33). The third kappa shape index (κ3) is 5.03. The Labute approximate surface area is 223 Å². The third-order valence-corrected chi connectivity index (χ3v) is 7.63. The molecule has 5 rings (SSSR count). The van der Waals surface area contributed by atoms with E-state index in [1.54, 1.807) is 12.1 Å². The second-order valence-corrected chi connectivity index (χ2v) is 10.3. The number of hydrogen-bond donors (Lipinski definition) is 1. The van der Waals surface area contributed by atoms with Crippen LogP contribution in [0.5, 0.6) is 0 Å². The summed E-state index contributed by atoms with van der Waals surface area (Å²) in [5.41, 5.74) is 2.42. The van der Waals surface area contributed by atoms with Gasteiger partial charge in [-0.1, -0.05) is 65.3 Å². The molecule has 0 atom stereocenters. The van der Waals surface area contributed by atoms with E-state index in [9.17, 15) is 14.0 Å². The Bertz CT molecular complexity index is 1640. The van der Waals surface area contributed by atoms with Crippen molar-refractivity contribution in [1.29, 1.82) is 0 Å². The van der Waals surface area contributed by atoms with Crippen molar-refractivity contribution in [3.05, 3.63) is 104 Å². The lowest BCUT2D eigenvalue weighted by Crippen LogP contribution is -2.22. The van der Waals surface area contributed by atoms with Crippen LogP contribution in [-0.4, -0.2) is 21.2 Å². The summed E-state index contributed by atoms with van der Waals surface area (Å²) in [6.07, 6.45) is 0. The molecule has 1 amide bonds. The van der Waals surface area contributed by atoms with Gasteiger partial charge in [0.25, 0.3) is 5.56 Å². The Hall–Kier alpha value is -3.17. The summed E-state index contributed by atoms with van der Waals surface area (Å²) in [4.78, 5) is 31.7. The molecule has 3 aromatic carbocycles. The molecule has 0 aliphatic carbocycles. The van der Waals surface area contributed by atoms with Crippen LogP contribution in [-0.2, 0) is 4.79 Å². The van der Waals surface area contributed by atoms with E-state index >= 15 is 0 Å². The molecular formula is C26H16Cl2FN3O2S2. The van der Waals surface area contributed by atoms with E-state index in [0.717, 1.165) is 22.9 Å². The van der Waals surface area contributed by atoms with Crippen molar-refractivity contribution in [2.45, 2.75) is 5.16 Å². The molecule has 5 nitrogen and oxygen atoms in total. The fraction of sp³-hybridized carbons (Fsp3) is 0.0385. The summed E-state index contributed by atoms with van der Waals surface area (Å²) in [6.45, 7) is 0. The molecular weight excluding hydrogens is 540 g/mol. The predicted molar refractivity (Wildman–Crippen MR) is 146 cm³/mol. The molecule has 0 spiro atoms. The van der Waals surface area contributed by atoms with Gasteiger partial charge in [0.05, 0.1) is 21.8 Å². The fourth-order valence-corrected chi connectivity index (χ4v) is 5.72. The van der Waals surface area contributed by atoms with Crippen molar-refractivity contribution in [1.82, 2.24) is 9.55 Å². The number of halogens is 3. The van der Waals surface area contributed by atoms with Gasteiger partial charge >= 0.3 is 0 Å². The number of hydrogen-bond acceptors (Lipinski definition) is 5. The zero-order valence-electron chi connectivity index (χ0n) is 18.4. The number of carbonyl (C=O) groups is 1. The van der Waals surface area contributed by atoms with Gasteiger partial charge in [-0.25, -0.2) is 9.37 Å². The summed E-state index contributed by atoms with van der Waals surface area (Å²) in [5.74, 6) is -0.929. The van der Waals surface area contributed by atoms with Crippen molar-refractivity contribution >= 4 is 68.1 Å². The molecule has 0 radical (unpaired) electrons. The largest absolute Gasteiger partial charge is 0.325 e. The molecule has 2 heterocycles. The number of carbonyl (C=O) groups excluding carboxylic acids is 1. The van der Waals surface area contributed by atoms with Crippen molar-refractivity contribution in [3.8, 4) is 16.8 Å². The van der Waals surface area contributed by atoms with Crippen LogP contribution >= 0.6 is 46.3 Å². The van der Waals surface area contributed by atoms with Crippen LogP contribution in [0.4, 0.5) is 10.1 Å². The second-order valence-electron chi connectivity index (χ2n) is 7.67. The van der Waals surface area contributed by atoms with E-state index in [2.05, 4.69) is 5.32 Å². The van der Waals surface area contributed by atoms with Gasteiger partial charge < -0.3 is 5.32 Å². The van der Waals surface area contributed by atoms with Gasteiger partial charge in [0.15, 0.2) is 5.16 Å². The molecule has 10 heteroatoms. The summed E-state index contributed by atoms with van der Waals surface area (Å²) in [7, 11) is 0. The Morgan fingerprint density at radius 1 is 1.06 bits per heavy atom. The highest BCUT2D eigenvalue weighted by molar-refractivity contribution is 7.99. The van der Waals surface area contributed by atoms with Gasteiger partial charge in [-0.05, 0) is 48.0 Å². The first-order chi connectivity index (χ1) is 17.4. The first kappa shape index (κ1) is 24.5. The van der Waals surface area contributed by atoms with E-state index in [4.69, 9.17) is 28.2 Å². The molecule has 0 saturated carbocycles. The fourth-order valence-electron chi connectivity index (χ4n) is 3.62. The number of anilines is 1. The number of fused-ring (bicyclic) bond motifs is 1. The first-order valence-corrected chi connectivity index (χ1v) is 13.3. The molecule has 180 valence electrons. The molecule has 1 N–H and O–H groups in total. The van der Waals surface area contributed by atoms with E-state index in [1.807, 2.05) is 47.8 Å². The zero-order chi connectivity index (χ0) is 25.2. The van der Waals surface area contributed by atoms with Crippen molar-refractivity contribution in [2.24, 2.45) is 0 Å². The van der Waals surface area contributed by atoms with Crippen LogP contribution in [0.1, 0.15) is 0 Å². The van der Waals surface area contributed by atoms with Crippen molar-refractivity contribution in [3.63, 3.8) is 0 Å². The number of nitrogens with one attached hydrogen (secondary N) is 1. The molecule has 0 aliphatic rings. The molecule has 0 aliphatic heterocycles. The number of nitrogens with zero attached hydrogens (tertiary/aromatic N) is 2. The molecule has 0 saturated heterocycles. The number of para-hydroxylation sites is 1. The molecule has 0 fully saturated rings. The van der Waals surface area contributed by atoms with Gasteiger partial charge in [-0.2, -0.15) is 0 Å². The van der Waals surface area contributed by atoms with Gasteiger partial charge in [0.2, 0.25) is 5.91 Å². The lowest BCUT2D eigenvalue weighted by atomic mass is 10.1. The first-order valence-electron chi connectivity index (χ1n) is 10.6. The summed E-state index contributed by atoms with van der Waals surface area (Å²) in [5, 5.41) is 6.00. The van der Waals surface area contributed by atoms with E-state index in [1.165, 1.54) is 34.1 Å². The number of thiophene rings is 1. The monoisotopic (exact) mass is 555 g/mol. The second kappa shape index (κ2) is 10.4. The number of aromatic nitrogens is 2. The van der Waals surface area contributed by atoms with Crippen LogP contribution in [0.3, 0.4) is 0 Å². The third-order valence-electron chi connectivity index (χ3n) is 5.28.